The number of hydrogen-bond donors (Lipinski definition) is 3. The Bertz CT molecular complexity index is 1450. The van der Waals surface area contributed by atoms with E-state index in [-0.39, 0.29) is 27.9 Å². The van der Waals surface area contributed by atoms with Gasteiger partial charge in [0.2, 0.25) is 5.96 Å². The molecule has 6 nitrogen and oxygen atoms in total. The zero-order valence-corrected chi connectivity index (χ0v) is 20.0. The number of fused-ring (bicyclic) bond motifs is 1. The van der Waals surface area contributed by atoms with Gasteiger partial charge in [-0.15, -0.1) is 0 Å². The molecule has 0 aliphatic carbocycles. The molecule has 1 unspecified atom stereocenters. The quantitative estimate of drug-likeness (QED) is 0.109. The van der Waals surface area contributed by atoms with Crippen molar-refractivity contribution >= 4 is 50.8 Å². The van der Waals surface area contributed by atoms with Gasteiger partial charge in [0, 0.05) is 31.9 Å². The first-order valence-electron chi connectivity index (χ1n) is 9.94. The SMILES string of the molecule is N#CNC(=Nc1ccc(F)cc1C(F)(F)F)Nc1cc(Br)cc2c1C(c1cc(F)ccc1Cl)NC2=O. The number of benzene rings is 3. The third kappa shape index (κ3) is 5.12. The maximum absolute atomic E-state index is 14.0. The normalized spacial score (nSPS) is 15.2. The van der Waals surface area contributed by atoms with Gasteiger partial charge >= 0.3 is 6.18 Å². The lowest BCUT2D eigenvalue weighted by atomic mass is 9.96. The van der Waals surface area contributed by atoms with Crippen molar-refractivity contribution < 1.29 is 26.7 Å². The molecular formula is C23H12BrClF5N5O. The van der Waals surface area contributed by atoms with E-state index in [2.05, 4.69) is 36.9 Å². The van der Waals surface area contributed by atoms with Crippen LogP contribution in [0.4, 0.5) is 33.3 Å². The predicted octanol–water partition coefficient (Wildman–Crippen LogP) is 6.40. The molecule has 3 N–H and O–H groups in total. The Labute approximate surface area is 213 Å². The van der Waals surface area contributed by atoms with Gasteiger partial charge in [-0.2, -0.15) is 18.4 Å². The highest BCUT2D eigenvalue weighted by Gasteiger charge is 2.36. The van der Waals surface area contributed by atoms with Crippen LogP contribution < -0.4 is 16.0 Å². The fourth-order valence-electron chi connectivity index (χ4n) is 3.69. The summed E-state index contributed by atoms with van der Waals surface area (Å²) in [7, 11) is 0. The Balaban J connectivity index is 1.84. The number of rotatable bonds is 3. The van der Waals surface area contributed by atoms with Crippen molar-refractivity contribution in [1.82, 2.24) is 10.6 Å². The molecule has 0 saturated heterocycles. The smallest absolute Gasteiger partial charge is 0.341 e. The number of nitrogens with one attached hydrogen (secondary N) is 3. The Hall–Kier alpha value is -3.69. The molecule has 0 bridgehead atoms. The summed E-state index contributed by atoms with van der Waals surface area (Å²) < 4.78 is 68.2. The van der Waals surface area contributed by atoms with Crippen LogP contribution in [0.3, 0.4) is 0 Å². The van der Waals surface area contributed by atoms with Gasteiger partial charge in [0.1, 0.15) is 11.6 Å². The third-order valence-corrected chi connectivity index (χ3v) is 5.95. The van der Waals surface area contributed by atoms with E-state index in [4.69, 9.17) is 16.9 Å². The average molecular weight is 585 g/mol. The highest BCUT2D eigenvalue weighted by molar-refractivity contribution is 9.10. The number of carbonyl (C=O) groups is 1. The van der Waals surface area contributed by atoms with Crippen molar-refractivity contribution in [2.75, 3.05) is 5.32 Å². The van der Waals surface area contributed by atoms with E-state index in [1.165, 1.54) is 18.2 Å². The van der Waals surface area contributed by atoms with Crippen LogP contribution in [-0.2, 0) is 6.18 Å². The summed E-state index contributed by atoms with van der Waals surface area (Å²) in [6, 6.07) is 7.56. The van der Waals surface area contributed by atoms with Crippen LogP contribution >= 0.6 is 27.5 Å². The fraction of sp³-hybridized carbons (Fsp3) is 0.0870. The summed E-state index contributed by atoms with van der Waals surface area (Å²) in [5.74, 6) is -2.68. The molecule has 3 aromatic carbocycles. The highest BCUT2D eigenvalue weighted by atomic mass is 79.9. The second kappa shape index (κ2) is 9.75. The summed E-state index contributed by atoms with van der Waals surface area (Å²) >= 11 is 9.51. The van der Waals surface area contributed by atoms with Crippen LogP contribution in [0.5, 0.6) is 0 Å². The fourth-order valence-corrected chi connectivity index (χ4v) is 4.38. The molecule has 36 heavy (non-hydrogen) atoms. The second-order valence-electron chi connectivity index (χ2n) is 7.47. The molecule has 1 aliphatic rings. The van der Waals surface area contributed by atoms with Gasteiger partial charge in [0.05, 0.1) is 17.3 Å². The predicted molar refractivity (Wildman–Crippen MR) is 126 cm³/mol. The Kier molecular flexibility index (Phi) is 6.88. The van der Waals surface area contributed by atoms with Gasteiger partial charge in [-0.3, -0.25) is 10.1 Å². The molecule has 184 valence electrons. The molecule has 3 aromatic rings. The molecule has 0 fully saturated rings. The number of alkyl halides is 3. The number of hydrogen-bond acceptors (Lipinski definition) is 3. The Morgan fingerprint density at radius 3 is 2.50 bits per heavy atom. The van der Waals surface area contributed by atoms with Crippen molar-refractivity contribution in [2.24, 2.45) is 4.99 Å². The second-order valence-corrected chi connectivity index (χ2v) is 8.79. The van der Waals surface area contributed by atoms with Gasteiger partial charge in [-0.25, -0.2) is 13.8 Å². The first kappa shape index (κ1) is 25.4. The number of halogens is 7. The summed E-state index contributed by atoms with van der Waals surface area (Å²) in [4.78, 5) is 16.5. The number of amides is 1. The van der Waals surface area contributed by atoms with Crippen molar-refractivity contribution in [2.45, 2.75) is 12.2 Å². The van der Waals surface area contributed by atoms with Crippen LogP contribution in [0.2, 0.25) is 5.02 Å². The number of nitriles is 1. The van der Waals surface area contributed by atoms with Crippen LogP contribution in [0.1, 0.15) is 33.1 Å². The topological polar surface area (TPSA) is 89.3 Å². The number of anilines is 1. The van der Waals surface area contributed by atoms with Gasteiger partial charge in [-0.05, 0) is 48.5 Å². The summed E-state index contributed by atoms with van der Waals surface area (Å²) in [6.07, 6.45) is -3.36. The first-order valence-corrected chi connectivity index (χ1v) is 11.1. The lowest BCUT2D eigenvalue weighted by molar-refractivity contribution is -0.137. The minimum atomic E-state index is -4.93. The molecule has 0 radical (unpaired) electrons. The van der Waals surface area contributed by atoms with Crippen LogP contribution in [-0.4, -0.2) is 11.9 Å². The Morgan fingerprint density at radius 1 is 1.11 bits per heavy atom. The Morgan fingerprint density at radius 2 is 1.81 bits per heavy atom. The molecule has 1 amide bonds. The molecule has 1 heterocycles. The standard InChI is InChI=1S/C23H12BrClF5N5O/c24-10-5-14-19(20(35-21(14)36)13-7-11(26)1-3-16(13)25)18(6-10)34-22(32-9-31)33-17-4-2-12(27)8-15(17)23(28,29)30/h1-8,20H,(H,35,36)(H2,32,33,34). The van der Waals surface area contributed by atoms with E-state index in [1.807, 2.05) is 0 Å². The summed E-state index contributed by atoms with van der Waals surface area (Å²) in [5, 5.41) is 16.9. The van der Waals surface area contributed by atoms with E-state index in [0.29, 0.717) is 10.0 Å². The van der Waals surface area contributed by atoms with Gasteiger partial charge in [-0.1, -0.05) is 27.5 Å². The number of aliphatic imine (C=N–C) groups is 1. The van der Waals surface area contributed by atoms with E-state index in [0.717, 1.165) is 24.3 Å². The summed E-state index contributed by atoms with van der Waals surface area (Å²) in [5.41, 5.74) is -1.18. The van der Waals surface area contributed by atoms with Crippen molar-refractivity contribution in [1.29, 1.82) is 5.26 Å². The number of nitrogens with zero attached hydrogens (tertiary/aromatic N) is 2. The minimum Gasteiger partial charge on any atom is -0.341 e. The van der Waals surface area contributed by atoms with E-state index >= 15 is 0 Å². The molecule has 0 aromatic heterocycles. The van der Waals surface area contributed by atoms with Crippen LogP contribution in [0, 0.1) is 23.1 Å². The monoisotopic (exact) mass is 583 g/mol. The zero-order valence-electron chi connectivity index (χ0n) is 17.6. The molecule has 4 rings (SSSR count). The van der Waals surface area contributed by atoms with E-state index < -0.39 is 47.0 Å². The largest absolute Gasteiger partial charge is 0.418 e. The molecule has 0 saturated carbocycles. The molecular weight excluding hydrogens is 573 g/mol. The van der Waals surface area contributed by atoms with Gasteiger partial charge in [0.15, 0.2) is 6.19 Å². The lowest BCUT2D eigenvalue weighted by Crippen LogP contribution is -2.28. The molecule has 13 heteroatoms. The minimum absolute atomic E-state index is 0.153. The zero-order chi connectivity index (χ0) is 26.2. The molecule has 1 atom stereocenters. The number of carbonyl (C=O) groups excluding carboxylic acids is 1. The molecule has 0 spiro atoms. The highest BCUT2D eigenvalue weighted by Crippen LogP contribution is 2.41. The number of guanidine groups is 1. The van der Waals surface area contributed by atoms with Crippen molar-refractivity contribution in [3.63, 3.8) is 0 Å². The average Bonchev–Trinajstić information content (AvgIpc) is 3.12. The lowest BCUT2D eigenvalue weighted by Gasteiger charge is -2.19. The molecule has 1 aliphatic heterocycles. The van der Waals surface area contributed by atoms with Crippen molar-refractivity contribution in [3.05, 3.63) is 91.9 Å². The van der Waals surface area contributed by atoms with E-state index in [1.54, 1.807) is 6.19 Å². The van der Waals surface area contributed by atoms with Crippen LogP contribution in [0.25, 0.3) is 0 Å². The van der Waals surface area contributed by atoms with E-state index in [9.17, 15) is 26.7 Å². The third-order valence-electron chi connectivity index (χ3n) is 5.15. The van der Waals surface area contributed by atoms with Gasteiger partial charge in [0.25, 0.3) is 5.91 Å². The van der Waals surface area contributed by atoms with Crippen molar-refractivity contribution in [3.8, 4) is 6.19 Å². The maximum Gasteiger partial charge on any atom is 0.418 e. The van der Waals surface area contributed by atoms with Crippen LogP contribution in [0.15, 0.2) is 58.0 Å². The first-order chi connectivity index (χ1) is 17.0. The van der Waals surface area contributed by atoms with Gasteiger partial charge < -0.3 is 10.6 Å². The maximum atomic E-state index is 14.0. The summed E-state index contributed by atoms with van der Waals surface area (Å²) in [6.45, 7) is 0.